The van der Waals surface area contributed by atoms with Crippen molar-refractivity contribution in [1.82, 2.24) is 10.2 Å². The first-order chi connectivity index (χ1) is 16.0. The van der Waals surface area contributed by atoms with Crippen molar-refractivity contribution in [3.8, 4) is 6.07 Å². The van der Waals surface area contributed by atoms with E-state index >= 15 is 0 Å². The normalized spacial score (nSPS) is 19.9. The fourth-order valence-electron chi connectivity index (χ4n) is 3.76. The van der Waals surface area contributed by atoms with E-state index in [0.29, 0.717) is 5.03 Å². The van der Waals surface area contributed by atoms with Crippen molar-refractivity contribution in [3.05, 3.63) is 80.3 Å². The molecule has 1 fully saturated rings. The van der Waals surface area contributed by atoms with Crippen LogP contribution in [0.5, 0.6) is 0 Å². The summed E-state index contributed by atoms with van der Waals surface area (Å²) in [5, 5.41) is 14.2. The van der Waals surface area contributed by atoms with Crippen molar-refractivity contribution in [3.63, 3.8) is 0 Å². The molecule has 1 aromatic heterocycles. The summed E-state index contributed by atoms with van der Waals surface area (Å²) >= 11 is 2.49. The highest BCUT2D eigenvalue weighted by Gasteiger charge is 2.48. The Kier molecular flexibility index (Phi) is 6.53. The maximum atomic E-state index is 13.5. The fourth-order valence-corrected chi connectivity index (χ4v) is 5.93. The van der Waals surface area contributed by atoms with Crippen LogP contribution in [0.25, 0.3) is 0 Å². The number of fused-ring (bicyclic) bond motifs is 1. The molecule has 2 aromatic rings. The van der Waals surface area contributed by atoms with E-state index in [2.05, 4.69) is 11.4 Å². The van der Waals surface area contributed by atoms with Crippen LogP contribution in [-0.2, 0) is 25.7 Å². The molecule has 10 heteroatoms. The minimum atomic E-state index is -0.801. The summed E-state index contributed by atoms with van der Waals surface area (Å²) in [6, 6.07) is 15.2. The number of methoxy groups -OCH3 is 1. The molecule has 2 aliphatic rings. The molecule has 1 saturated heterocycles. The number of esters is 1. The van der Waals surface area contributed by atoms with Gasteiger partial charge < -0.3 is 15.8 Å². The molecular weight excluding hydrogens is 460 g/mol. The van der Waals surface area contributed by atoms with Crippen LogP contribution in [-0.4, -0.2) is 35.0 Å². The topological polar surface area (TPSA) is 126 Å². The summed E-state index contributed by atoms with van der Waals surface area (Å²) in [7, 11) is 1.25. The Balaban J connectivity index is 1.78. The quantitative estimate of drug-likeness (QED) is 0.609. The number of thiophene rings is 1. The van der Waals surface area contributed by atoms with Crippen LogP contribution >= 0.6 is 23.1 Å². The molecule has 2 atom stereocenters. The van der Waals surface area contributed by atoms with Crippen molar-refractivity contribution in [2.24, 2.45) is 5.73 Å². The Morgan fingerprint density at radius 1 is 1.24 bits per heavy atom. The first kappa shape index (κ1) is 22.6. The van der Waals surface area contributed by atoms with Crippen molar-refractivity contribution in [2.75, 3.05) is 7.11 Å². The lowest BCUT2D eigenvalue weighted by molar-refractivity contribution is -0.142. The summed E-state index contributed by atoms with van der Waals surface area (Å²) in [5.74, 6) is -2.14. The molecule has 0 spiro atoms. The Morgan fingerprint density at radius 3 is 2.64 bits per heavy atom. The van der Waals surface area contributed by atoms with Crippen molar-refractivity contribution >= 4 is 40.9 Å². The number of nitrogens with zero attached hydrogens (tertiary/aromatic N) is 2. The number of benzene rings is 1. The molecule has 2 amide bonds. The number of amides is 2. The van der Waals surface area contributed by atoms with E-state index in [-0.39, 0.29) is 29.9 Å². The average molecular weight is 481 g/mol. The van der Waals surface area contributed by atoms with Crippen molar-refractivity contribution in [1.29, 1.82) is 5.26 Å². The van der Waals surface area contributed by atoms with Crippen LogP contribution in [0.4, 0.5) is 0 Å². The van der Waals surface area contributed by atoms with Crippen LogP contribution in [0.3, 0.4) is 0 Å². The largest absolute Gasteiger partial charge is 0.469 e. The molecule has 1 aromatic carbocycles. The zero-order valence-electron chi connectivity index (χ0n) is 17.6. The molecule has 33 heavy (non-hydrogen) atoms. The molecule has 0 radical (unpaired) electrons. The number of hydrogen-bond donors (Lipinski definition) is 2. The first-order valence-electron chi connectivity index (χ1n) is 10.0. The van der Waals surface area contributed by atoms with Gasteiger partial charge in [0.05, 0.1) is 41.7 Å². The van der Waals surface area contributed by atoms with E-state index in [9.17, 15) is 19.6 Å². The highest BCUT2D eigenvalue weighted by Crippen LogP contribution is 2.50. The maximum absolute atomic E-state index is 13.5. The Bertz CT molecular complexity index is 1200. The number of nitrogens with two attached hydrogens (primary N) is 1. The van der Waals surface area contributed by atoms with E-state index in [0.717, 1.165) is 22.2 Å². The zero-order chi connectivity index (χ0) is 23.5. The van der Waals surface area contributed by atoms with Gasteiger partial charge in [0.15, 0.2) is 0 Å². The molecule has 168 valence electrons. The van der Waals surface area contributed by atoms with Gasteiger partial charge in [0.1, 0.15) is 11.1 Å². The number of carbonyl (C=O) groups excluding carboxylic acids is 3. The lowest BCUT2D eigenvalue weighted by Gasteiger charge is -2.31. The number of hydrogen-bond acceptors (Lipinski definition) is 8. The molecule has 0 bridgehead atoms. The number of ether oxygens (including phenoxy) is 1. The third-order valence-electron chi connectivity index (χ3n) is 5.35. The number of nitriles is 1. The third kappa shape index (κ3) is 4.25. The smallest absolute Gasteiger partial charge is 0.307 e. The van der Waals surface area contributed by atoms with Gasteiger partial charge in [-0.05, 0) is 17.0 Å². The Morgan fingerprint density at radius 2 is 2.00 bits per heavy atom. The second-order valence-corrected chi connectivity index (χ2v) is 9.48. The second-order valence-electron chi connectivity index (χ2n) is 7.31. The third-order valence-corrected chi connectivity index (χ3v) is 7.56. The summed E-state index contributed by atoms with van der Waals surface area (Å²) in [4.78, 5) is 40.4. The number of allylic oxidation sites excluding steroid dienone is 1. The first-order valence-corrected chi connectivity index (χ1v) is 11.8. The second kappa shape index (κ2) is 9.52. The summed E-state index contributed by atoms with van der Waals surface area (Å²) in [6.45, 7) is 0.277. The fraction of sp³-hybridized carbons (Fsp3) is 0.217. The molecule has 8 nitrogen and oxygen atoms in total. The lowest BCUT2D eigenvalue weighted by Crippen LogP contribution is -2.40. The van der Waals surface area contributed by atoms with E-state index < -0.39 is 29.0 Å². The molecule has 0 aliphatic carbocycles. The SMILES string of the molecule is COC(=O)CC1SC2=C(C(=O)NCc3ccccc3)C(c3cccs3)C(C#N)=C(N)N2C1=O. The van der Waals surface area contributed by atoms with Gasteiger partial charge in [-0.15, -0.1) is 11.3 Å². The van der Waals surface area contributed by atoms with Gasteiger partial charge >= 0.3 is 5.97 Å². The summed E-state index contributed by atoms with van der Waals surface area (Å²) < 4.78 is 4.71. The average Bonchev–Trinajstić information content (AvgIpc) is 3.46. The summed E-state index contributed by atoms with van der Waals surface area (Å²) in [6.07, 6.45) is -0.169. The van der Waals surface area contributed by atoms with E-state index in [1.807, 2.05) is 47.8 Å². The predicted molar refractivity (Wildman–Crippen MR) is 124 cm³/mol. The van der Waals surface area contributed by atoms with Crippen LogP contribution < -0.4 is 11.1 Å². The van der Waals surface area contributed by atoms with Crippen LogP contribution in [0.2, 0.25) is 0 Å². The van der Waals surface area contributed by atoms with Crippen LogP contribution in [0.15, 0.2) is 69.8 Å². The molecule has 0 saturated carbocycles. The van der Waals surface area contributed by atoms with Gasteiger partial charge in [-0.25, -0.2) is 0 Å². The zero-order valence-corrected chi connectivity index (χ0v) is 19.2. The molecule has 2 aliphatic heterocycles. The number of nitrogens with one attached hydrogen (secondary N) is 1. The van der Waals surface area contributed by atoms with Gasteiger partial charge in [-0.2, -0.15) is 5.26 Å². The van der Waals surface area contributed by atoms with Crippen LogP contribution in [0, 0.1) is 11.3 Å². The molecule has 3 N–H and O–H groups in total. The standard InChI is InChI=1S/C23H20N4O4S2/c1-31-17(28)10-16-22(30)27-20(25)14(11-24)18(15-8-5-9-32-15)19(23(27)33-16)21(29)26-12-13-6-3-2-4-7-13/h2-9,16,18H,10,12,25H2,1H3,(H,26,29). The Labute approximate surface area is 198 Å². The Hall–Kier alpha value is -3.55. The van der Waals surface area contributed by atoms with Gasteiger partial charge in [-0.1, -0.05) is 48.2 Å². The minimum Gasteiger partial charge on any atom is -0.469 e. The molecule has 3 heterocycles. The van der Waals surface area contributed by atoms with Crippen molar-refractivity contribution < 1.29 is 19.1 Å². The van der Waals surface area contributed by atoms with Gasteiger partial charge in [0.2, 0.25) is 5.91 Å². The van der Waals surface area contributed by atoms with Crippen molar-refractivity contribution in [2.45, 2.75) is 24.1 Å². The van der Waals surface area contributed by atoms with Gasteiger partial charge in [0.25, 0.3) is 5.91 Å². The predicted octanol–water partition coefficient (Wildman–Crippen LogP) is 2.57. The minimum absolute atomic E-state index is 0.0182. The highest BCUT2D eigenvalue weighted by molar-refractivity contribution is 8.04. The van der Waals surface area contributed by atoms with E-state index in [4.69, 9.17) is 10.5 Å². The molecule has 2 unspecified atom stereocenters. The monoisotopic (exact) mass is 480 g/mol. The van der Waals surface area contributed by atoms with Crippen LogP contribution in [0.1, 0.15) is 22.8 Å². The molecular formula is C23H20N4O4S2. The number of rotatable bonds is 6. The highest BCUT2D eigenvalue weighted by atomic mass is 32.2. The number of carbonyl (C=O) groups is 3. The van der Waals surface area contributed by atoms with Gasteiger partial charge in [-0.3, -0.25) is 19.3 Å². The van der Waals surface area contributed by atoms with E-state index in [1.54, 1.807) is 0 Å². The lowest BCUT2D eigenvalue weighted by atomic mass is 9.87. The molecule has 4 rings (SSSR count). The maximum Gasteiger partial charge on any atom is 0.307 e. The van der Waals surface area contributed by atoms with E-state index in [1.165, 1.54) is 23.3 Å². The van der Waals surface area contributed by atoms with Gasteiger partial charge in [0, 0.05) is 11.4 Å². The number of thioether (sulfide) groups is 1. The summed E-state index contributed by atoms with van der Waals surface area (Å²) in [5.41, 5.74) is 7.59.